The van der Waals surface area contributed by atoms with E-state index in [0.29, 0.717) is 5.69 Å². The Bertz CT molecular complexity index is 833. The fourth-order valence-electron chi connectivity index (χ4n) is 2.22. The molecule has 1 N–H and O–H groups in total. The molecule has 1 heterocycles. The number of nitrogens with zero attached hydrogens (tertiary/aromatic N) is 1. The Kier molecular flexibility index (Phi) is 4.36. The first-order valence-electron chi connectivity index (χ1n) is 6.78. The van der Waals surface area contributed by atoms with E-state index in [4.69, 9.17) is 12.2 Å². The molecule has 0 bridgehead atoms. The van der Waals surface area contributed by atoms with Crippen LogP contribution in [0.15, 0.2) is 64.6 Å². The van der Waals surface area contributed by atoms with E-state index in [1.165, 1.54) is 4.90 Å². The summed E-state index contributed by atoms with van der Waals surface area (Å²) in [5.41, 5.74) is 1.41. The minimum atomic E-state index is -0.491. The molecule has 2 amide bonds. The van der Waals surface area contributed by atoms with E-state index in [9.17, 15) is 9.59 Å². The van der Waals surface area contributed by atoms with Crippen LogP contribution in [0.5, 0.6) is 0 Å². The number of benzene rings is 2. The Labute approximate surface area is 146 Å². The number of nitrogens with one attached hydrogen (secondary N) is 1. The molecule has 3 rings (SSSR count). The molecule has 0 saturated carbocycles. The molecule has 1 aliphatic heterocycles. The molecule has 1 saturated heterocycles. The summed E-state index contributed by atoms with van der Waals surface area (Å²) in [5.74, 6) is -0.934. The van der Waals surface area contributed by atoms with Crippen LogP contribution in [0.2, 0.25) is 0 Å². The molecule has 0 radical (unpaired) electrons. The maximum Gasteiger partial charge on any atom is 0.270 e. The van der Waals surface area contributed by atoms with Crippen LogP contribution in [0.1, 0.15) is 5.56 Å². The van der Waals surface area contributed by atoms with Gasteiger partial charge in [0.15, 0.2) is 5.11 Å². The second-order valence-corrected chi connectivity index (χ2v) is 6.15. The number of halogens is 1. The molecular weight excluding hydrogens is 376 g/mol. The highest BCUT2D eigenvalue weighted by atomic mass is 79.9. The number of carbonyl (C=O) groups is 2. The average molecular weight is 387 g/mol. The van der Waals surface area contributed by atoms with Gasteiger partial charge in [0.1, 0.15) is 5.57 Å². The number of thiocarbonyl (C=S) groups is 1. The van der Waals surface area contributed by atoms with Gasteiger partial charge in [-0.15, -0.1) is 0 Å². The fourth-order valence-corrected chi connectivity index (χ4v) is 2.89. The topological polar surface area (TPSA) is 49.4 Å². The number of amides is 2. The molecule has 2 aromatic carbocycles. The first kappa shape index (κ1) is 15.6. The molecule has 0 aromatic heterocycles. The first-order valence-corrected chi connectivity index (χ1v) is 7.98. The molecule has 6 heteroatoms. The van der Waals surface area contributed by atoms with Crippen molar-refractivity contribution in [3.05, 3.63) is 70.2 Å². The van der Waals surface area contributed by atoms with Gasteiger partial charge in [0.05, 0.1) is 5.69 Å². The zero-order valence-corrected chi connectivity index (χ0v) is 14.2. The number of anilines is 1. The molecule has 1 aliphatic rings. The van der Waals surface area contributed by atoms with Crippen LogP contribution in [-0.2, 0) is 9.59 Å². The van der Waals surface area contributed by atoms with Gasteiger partial charge in [-0.3, -0.25) is 19.8 Å². The monoisotopic (exact) mass is 386 g/mol. The predicted octanol–water partition coefficient (Wildman–Crippen LogP) is 3.28. The second kappa shape index (κ2) is 6.44. The Morgan fingerprint density at radius 1 is 1.04 bits per heavy atom. The van der Waals surface area contributed by atoms with Crippen LogP contribution < -0.4 is 10.2 Å². The molecule has 0 atom stereocenters. The van der Waals surface area contributed by atoms with E-state index in [0.717, 1.165) is 10.0 Å². The van der Waals surface area contributed by atoms with Crippen molar-refractivity contribution >= 4 is 56.8 Å². The van der Waals surface area contributed by atoms with Gasteiger partial charge in [0.25, 0.3) is 11.8 Å². The largest absolute Gasteiger partial charge is 0.298 e. The van der Waals surface area contributed by atoms with Gasteiger partial charge in [-0.05, 0) is 42.1 Å². The Balaban J connectivity index is 2.03. The lowest BCUT2D eigenvalue weighted by molar-refractivity contribution is -0.122. The number of hydrogen-bond acceptors (Lipinski definition) is 3. The minimum Gasteiger partial charge on any atom is -0.298 e. The predicted molar refractivity (Wildman–Crippen MR) is 96.8 cm³/mol. The molecular formula is C17H11BrN2O2S. The van der Waals surface area contributed by atoms with Gasteiger partial charge < -0.3 is 0 Å². The summed E-state index contributed by atoms with van der Waals surface area (Å²) in [6, 6.07) is 16.4. The van der Waals surface area contributed by atoms with Crippen LogP contribution in [0, 0.1) is 0 Å². The molecule has 0 spiro atoms. The van der Waals surface area contributed by atoms with Crippen LogP contribution >= 0.6 is 28.1 Å². The van der Waals surface area contributed by atoms with Crippen molar-refractivity contribution in [3.8, 4) is 0 Å². The maximum atomic E-state index is 12.8. The van der Waals surface area contributed by atoms with Crippen LogP contribution in [0.4, 0.5) is 5.69 Å². The lowest BCUT2D eigenvalue weighted by Crippen LogP contribution is -2.54. The zero-order valence-electron chi connectivity index (χ0n) is 11.8. The molecule has 114 valence electrons. The molecule has 0 aliphatic carbocycles. The summed E-state index contributed by atoms with van der Waals surface area (Å²) in [5, 5.41) is 2.63. The van der Waals surface area contributed by atoms with Crippen molar-refractivity contribution in [1.82, 2.24) is 5.32 Å². The van der Waals surface area contributed by atoms with Gasteiger partial charge in [0, 0.05) is 4.47 Å². The summed E-state index contributed by atoms with van der Waals surface area (Å²) in [4.78, 5) is 26.2. The highest BCUT2D eigenvalue weighted by Gasteiger charge is 2.34. The number of rotatable bonds is 2. The molecule has 4 nitrogen and oxygen atoms in total. The van der Waals surface area contributed by atoms with Gasteiger partial charge in [-0.2, -0.15) is 0 Å². The van der Waals surface area contributed by atoms with Crippen molar-refractivity contribution in [2.75, 3.05) is 4.90 Å². The Morgan fingerprint density at radius 2 is 1.78 bits per heavy atom. The van der Waals surface area contributed by atoms with Crippen molar-refractivity contribution in [3.63, 3.8) is 0 Å². The molecule has 0 unspecified atom stereocenters. The third-order valence-corrected chi connectivity index (χ3v) is 4.06. The maximum absolute atomic E-state index is 12.8. The lowest BCUT2D eigenvalue weighted by Gasteiger charge is -2.29. The van der Waals surface area contributed by atoms with E-state index in [1.807, 2.05) is 36.4 Å². The van der Waals surface area contributed by atoms with Crippen molar-refractivity contribution in [1.29, 1.82) is 0 Å². The number of hydrogen-bond donors (Lipinski definition) is 1. The highest BCUT2D eigenvalue weighted by molar-refractivity contribution is 9.10. The summed E-state index contributed by atoms with van der Waals surface area (Å²) in [6.07, 6.45) is 1.56. The third kappa shape index (κ3) is 3.23. The van der Waals surface area contributed by atoms with Crippen LogP contribution in [-0.4, -0.2) is 16.9 Å². The number of carbonyl (C=O) groups excluding carboxylic acids is 2. The normalized spacial score (nSPS) is 16.7. The standard InChI is InChI=1S/C17H11BrN2O2S/c18-12-7-4-8-13(10-12)20-16(22)14(15(21)19-17(20)23)9-11-5-2-1-3-6-11/h1-10H,(H,19,21,23)/b14-9+. The smallest absolute Gasteiger partial charge is 0.270 e. The minimum absolute atomic E-state index is 0.0461. The summed E-state index contributed by atoms with van der Waals surface area (Å²) in [7, 11) is 0. The van der Waals surface area contributed by atoms with Gasteiger partial charge in [0.2, 0.25) is 0 Å². The second-order valence-electron chi connectivity index (χ2n) is 4.85. The van der Waals surface area contributed by atoms with Gasteiger partial charge in [-0.25, -0.2) is 0 Å². The van der Waals surface area contributed by atoms with Crippen molar-refractivity contribution in [2.24, 2.45) is 0 Å². The van der Waals surface area contributed by atoms with Crippen LogP contribution in [0.3, 0.4) is 0 Å². The Morgan fingerprint density at radius 3 is 2.48 bits per heavy atom. The molecule has 1 fully saturated rings. The van der Waals surface area contributed by atoms with E-state index in [1.54, 1.807) is 24.3 Å². The average Bonchev–Trinajstić information content (AvgIpc) is 2.52. The lowest BCUT2D eigenvalue weighted by atomic mass is 10.1. The summed E-state index contributed by atoms with van der Waals surface area (Å²) < 4.78 is 0.816. The van der Waals surface area contributed by atoms with Crippen molar-refractivity contribution < 1.29 is 9.59 Å². The Hall–Kier alpha value is -2.31. The van der Waals surface area contributed by atoms with Crippen molar-refractivity contribution in [2.45, 2.75) is 0 Å². The van der Waals surface area contributed by atoms with Crippen LogP contribution in [0.25, 0.3) is 6.08 Å². The first-order chi connectivity index (χ1) is 11.1. The summed E-state index contributed by atoms with van der Waals surface area (Å²) in [6.45, 7) is 0. The van der Waals surface area contributed by atoms with E-state index >= 15 is 0 Å². The van der Waals surface area contributed by atoms with Gasteiger partial charge in [-0.1, -0.05) is 52.3 Å². The van der Waals surface area contributed by atoms with E-state index < -0.39 is 11.8 Å². The fraction of sp³-hybridized carbons (Fsp3) is 0. The molecule has 23 heavy (non-hydrogen) atoms. The van der Waals surface area contributed by atoms with E-state index in [2.05, 4.69) is 21.2 Å². The quantitative estimate of drug-likeness (QED) is 0.489. The SMILES string of the molecule is O=C1NC(=S)N(c2cccc(Br)c2)C(=O)/C1=C/c1ccccc1. The summed E-state index contributed by atoms with van der Waals surface area (Å²) >= 11 is 8.52. The van der Waals surface area contributed by atoms with E-state index in [-0.39, 0.29) is 10.7 Å². The zero-order chi connectivity index (χ0) is 16.4. The third-order valence-electron chi connectivity index (χ3n) is 3.28. The van der Waals surface area contributed by atoms with Gasteiger partial charge >= 0.3 is 0 Å². The molecule has 2 aromatic rings. The highest BCUT2D eigenvalue weighted by Crippen LogP contribution is 2.24.